The molecule has 0 aliphatic carbocycles. The Bertz CT molecular complexity index is 667. The zero-order valence-electron chi connectivity index (χ0n) is 13.7. The molecular weight excluding hydrogens is 290 g/mol. The number of anilines is 1. The second-order valence-corrected chi connectivity index (χ2v) is 6.27. The van der Waals surface area contributed by atoms with Gasteiger partial charge in [-0.1, -0.05) is 17.2 Å². The highest BCUT2D eigenvalue weighted by atomic mass is 16.5. The van der Waals surface area contributed by atoms with Crippen LogP contribution >= 0.6 is 0 Å². The van der Waals surface area contributed by atoms with E-state index in [0.717, 1.165) is 37.1 Å². The quantitative estimate of drug-likeness (QED) is 0.942. The molecule has 2 heterocycles. The smallest absolute Gasteiger partial charge is 0.255 e. The standard InChI is InChI=1S/C18H23N3O2/c1-13-7-14(2)9-15(8-13)18(22)20-16-10-19-21(11-16)12-17-5-3-4-6-23-17/h7-11,17H,3-6,12H2,1-2H3,(H,20,22). The number of amides is 1. The molecule has 122 valence electrons. The monoisotopic (exact) mass is 313 g/mol. The molecule has 1 aliphatic heterocycles. The van der Waals surface area contributed by atoms with E-state index < -0.39 is 0 Å². The summed E-state index contributed by atoms with van der Waals surface area (Å²) in [5.74, 6) is -0.106. The molecule has 5 heteroatoms. The Hall–Kier alpha value is -2.14. The van der Waals surface area contributed by atoms with Crippen LogP contribution in [-0.4, -0.2) is 28.4 Å². The van der Waals surface area contributed by atoms with E-state index in [1.807, 2.05) is 36.9 Å². The fraction of sp³-hybridized carbons (Fsp3) is 0.444. The SMILES string of the molecule is Cc1cc(C)cc(C(=O)Nc2cnn(CC3CCCCO3)c2)c1. The number of benzene rings is 1. The molecule has 1 aliphatic rings. The first-order valence-corrected chi connectivity index (χ1v) is 8.14. The van der Waals surface area contributed by atoms with E-state index in [1.165, 1.54) is 6.42 Å². The van der Waals surface area contributed by atoms with E-state index in [2.05, 4.69) is 16.5 Å². The van der Waals surface area contributed by atoms with E-state index in [-0.39, 0.29) is 12.0 Å². The number of aromatic nitrogens is 2. The minimum absolute atomic E-state index is 0.106. The fourth-order valence-corrected chi connectivity index (χ4v) is 3.00. The Kier molecular flexibility index (Phi) is 4.76. The third kappa shape index (κ3) is 4.20. The number of rotatable bonds is 4. The van der Waals surface area contributed by atoms with Gasteiger partial charge in [0.1, 0.15) is 0 Å². The maximum atomic E-state index is 12.3. The third-order valence-electron chi connectivity index (χ3n) is 4.04. The number of hydrogen-bond donors (Lipinski definition) is 1. The highest BCUT2D eigenvalue weighted by Gasteiger charge is 2.15. The van der Waals surface area contributed by atoms with Gasteiger partial charge in [0.25, 0.3) is 5.91 Å². The van der Waals surface area contributed by atoms with Gasteiger partial charge in [-0.3, -0.25) is 9.48 Å². The second kappa shape index (κ2) is 6.96. The van der Waals surface area contributed by atoms with Crippen LogP contribution in [0.3, 0.4) is 0 Å². The lowest BCUT2D eigenvalue weighted by Gasteiger charge is -2.22. The highest BCUT2D eigenvalue weighted by molar-refractivity contribution is 6.04. The van der Waals surface area contributed by atoms with Crippen LogP contribution in [0.15, 0.2) is 30.6 Å². The lowest BCUT2D eigenvalue weighted by Crippen LogP contribution is -2.24. The molecule has 1 amide bonds. The van der Waals surface area contributed by atoms with Crippen LogP contribution in [0.25, 0.3) is 0 Å². The number of ether oxygens (including phenoxy) is 1. The van der Waals surface area contributed by atoms with Crippen molar-refractivity contribution >= 4 is 11.6 Å². The van der Waals surface area contributed by atoms with Crippen molar-refractivity contribution in [3.63, 3.8) is 0 Å². The fourth-order valence-electron chi connectivity index (χ4n) is 3.00. The Morgan fingerprint density at radius 1 is 1.30 bits per heavy atom. The summed E-state index contributed by atoms with van der Waals surface area (Å²) in [7, 11) is 0. The Morgan fingerprint density at radius 2 is 2.09 bits per heavy atom. The summed E-state index contributed by atoms with van der Waals surface area (Å²) < 4.78 is 7.56. The lowest BCUT2D eigenvalue weighted by molar-refractivity contribution is 0.00401. The van der Waals surface area contributed by atoms with Crippen molar-refractivity contribution in [1.29, 1.82) is 0 Å². The molecular formula is C18H23N3O2. The molecule has 2 aromatic rings. The summed E-state index contributed by atoms with van der Waals surface area (Å²) in [6, 6.07) is 5.84. The molecule has 1 aromatic carbocycles. The number of nitrogens with zero attached hydrogens (tertiary/aromatic N) is 2. The van der Waals surface area contributed by atoms with Gasteiger partial charge < -0.3 is 10.1 Å². The van der Waals surface area contributed by atoms with Gasteiger partial charge in [-0.05, 0) is 45.2 Å². The summed E-state index contributed by atoms with van der Waals surface area (Å²) in [5.41, 5.74) is 3.55. The molecule has 5 nitrogen and oxygen atoms in total. The van der Waals surface area contributed by atoms with E-state index in [4.69, 9.17) is 4.74 Å². The van der Waals surface area contributed by atoms with Crippen LogP contribution in [0.5, 0.6) is 0 Å². The van der Waals surface area contributed by atoms with Crippen LogP contribution in [0.2, 0.25) is 0 Å². The molecule has 23 heavy (non-hydrogen) atoms. The predicted octanol–water partition coefficient (Wildman–Crippen LogP) is 3.32. The van der Waals surface area contributed by atoms with E-state index >= 15 is 0 Å². The summed E-state index contributed by atoms with van der Waals surface area (Å²) >= 11 is 0. The van der Waals surface area contributed by atoms with Gasteiger partial charge in [-0.2, -0.15) is 5.10 Å². The second-order valence-electron chi connectivity index (χ2n) is 6.27. The third-order valence-corrected chi connectivity index (χ3v) is 4.04. The Labute approximate surface area is 136 Å². The van der Waals surface area contributed by atoms with Gasteiger partial charge in [-0.25, -0.2) is 0 Å². The van der Waals surface area contributed by atoms with Crippen molar-refractivity contribution in [2.75, 3.05) is 11.9 Å². The van der Waals surface area contributed by atoms with E-state index in [0.29, 0.717) is 11.3 Å². The largest absolute Gasteiger partial charge is 0.376 e. The molecule has 1 unspecified atom stereocenters. The summed E-state index contributed by atoms with van der Waals surface area (Å²) in [4.78, 5) is 12.3. The van der Waals surface area contributed by atoms with Gasteiger partial charge in [0.05, 0.1) is 24.5 Å². The first-order valence-electron chi connectivity index (χ1n) is 8.14. The Morgan fingerprint density at radius 3 is 2.78 bits per heavy atom. The first kappa shape index (κ1) is 15.7. The number of aryl methyl sites for hydroxylation is 2. The maximum Gasteiger partial charge on any atom is 0.255 e. The van der Waals surface area contributed by atoms with Crippen molar-refractivity contribution in [2.45, 2.75) is 45.8 Å². The van der Waals surface area contributed by atoms with Crippen molar-refractivity contribution in [3.8, 4) is 0 Å². The molecule has 0 bridgehead atoms. The number of hydrogen-bond acceptors (Lipinski definition) is 3. The summed E-state index contributed by atoms with van der Waals surface area (Å²) in [6.07, 6.45) is 7.20. The number of carbonyl (C=O) groups is 1. The topological polar surface area (TPSA) is 56.2 Å². The van der Waals surface area contributed by atoms with Crippen molar-refractivity contribution < 1.29 is 9.53 Å². The average Bonchev–Trinajstić information content (AvgIpc) is 2.94. The normalized spacial score (nSPS) is 17.9. The molecule has 1 N–H and O–H groups in total. The van der Waals surface area contributed by atoms with Crippen LogP contribution in [0.4, 0.5) is 5.69 Å². The summed E-state index contributed by atoms with van der Waals surface area (Å²) in [6.45, 7) is 5.56. The number of carbonyl (C=O) groups excluding carboxylic acids is 1. The van der Waals surface area contributed by atoms with Crippen LogP contribution in [-0.2, 0) is 11.3 Å². The summed E-state index contributed by atoms with van der Waals surface area (Å²) in [5, 5.41) is 7.22. The van der Waals surface area contributed by atoms with Crippen molar-refractivity contribution in [3.05, 3.63) is 47.3 Å². The lowest BCUT2D eigenvalue weighted by atomic mass is 10.1. The maximum absolute atomic E-state index is 12.3. The highest BCUT2D eigenvalue weighted by Crippen LogP contribution is 2.16. The zero-order valence-corrected chi connectivity index (χ0v) is 13.7. The Balaban J connectivity index is 1.62. The minimum atomic E-state index is -0.106. The van der Waals surface area contributed by atoms with Crippen molar-refractivity contribution in [2.24, 2.45) is 0 Å². The van der Waals surface area contributed by atoms with Gasteiger partial charge in [0.2, 0.25) is 0 Å². The average molecular weight is 313 g/mol. The van der Waals surface area contributed by atoms with Gasteiger partial charge in [0, 0.05) is 18.4 Å². The van der Waals surface area contributed by atoms with Crippen LogP contribution in [0.1, 0.15) is 40.7 Å². The van der Waals surface area contributed by atoms with Crippen LogP contribution < -0.4 is 5.32 Å². The molecule has 0 saturated carbocycles. The minimum Gasteiger partial charge on any atom is -0.376 e. The zero-order chi connectivity index (χ0) is 16.2. The van der Waals surface area contributed by atoms with Gasteiger partial charge in [-0.15, -0.1) is 0 Å². The molecule has 1 fully saturated rings. The predicted molar refractivity (Wildman–Crippen MR) is 89.7 cm³/mol. The van der Waals surface area contributed by atoms with Crippen LogP contribution in [0, 0.1) is 13.8 Å². The van der Waals surface area contributed by atoms with E-state index in [1.54, 1.807) is 6.20 Å². The van der Waals surface area contributed by atoms with Gasteiger partial charge >= 0.3 is 0 Å². The molecule has 3 rings (SSSR count). The molecule has 1 atom stereocenters. The van der Waals surface area contributed by atoms with Gasteiger partial charge in [0.15, 0.2) is 0 Å². The van der Waals surface area contributed by atoms with Crippen molar-refractivity contribution in [1.82, 2.24) is 9.78 Å². The molecule has 0 radical (unpaired) electrons. The molecule has 0 spiro atoms. The first-order chi connectivity index (χ1) is 11.1. The van der Waals surface area contributed by atoms with E-state index in [9.17, 15) is 4.79 Å². The number of nitrogens with one attached hydrogen (secondary N) is 1. The molecule has 1 saturated heterocycles. The molecule has 1 aromatic heterocycles.